The maximum Gasteiger partial charge on any atom is 0.235 e. The van der Waals surface area contributed by atoms with E-state index in [4.69, 9.17) is 5.73 Å². The maximum atomic E-state index is 14.0. The number of nitrogens with zero attached hydrogens (tertiary/aromatic N) is 3. The van der Waals surface area contributed by atoms with Gasteiger partial charge < -0.3 is 26.0 Å². The van der Waals surface area contributed by atoms with Gasteiger partial charge in [-0.3, -0.25) is 33.8 Å². The van der Waals surface area contributed by atoms with Gasteiger partial charge in [0.1, 0.15) is 5.75 Å². The summed E-state index contributed by atoms with van der Waals surface area (Å²) in [6.07, 6.45) is 2.82. The molecule has 2 unspecified atom stereocenters. The molecule has 228 valence electrons. The van der Waals surface area contributed by atoms with Crippen molar-refractivity contribution in [2.75, 3.05) is 46.2 Å². The normalized spacial score (nSPS) is 33.0. The largest absolute Gasteiger partial charge is 0.507 e. The second kappa shape index (κ2) is 10.8. The molecule has 42 heavy (non-hydrogen) atoms. The quantitative estimate of drug-likeness (QED) is 0.297. The first kappa shape index (κ1) is 30.3. The molecule has 1 amide bonds. The van der Waals surface area contributed by atoms with Gasteiger partial charge in [-0.1, -0.05) is 0 Å². The third-order valence-electron chi connectivity index (χ3n) is 9.89. The van der Waals surface area contributed by atoms with Crippen LogP contribution in [-0.4, -0.2) is 113 Å². The highest BCUT2D eigenvalue weighted by atomic mass is 16.3. The number of benzene rings is 1. The summed E-state index contributed by atoms with van der Waals surface area (Å²) in [6.45, 7) is 1.42. The van der Waals surface area contributed by atoms with Crippen molar-refractivity contribution in [3.8, 4) is 5.75 Å². The van der Waals surface area contributed by atoms with E-state index in [0.29, 0.717) is 18.5 Å². The average Bonchev–Trinajstić information content (AvgIpc) is 3.32. The van der Waals surface area contributed by atoms with Crippen LogP contribution in [0.3, 0.4) is 0 Å². The van der Waals surface area contributed by atoms with E-state index >= 15 is 0 Å². The highest BCUT2D eigenvalue weighted by molar-refractivity contribution is 6.32. The van der Waals surface area contributed by atoms with Crippen molar-refractivity contribution in [3.05, 3.63) is 22.8 Å². The van der Waals surface area contributed by atoms with Gasteiger partial charge in [0.15, 0.2) is 34.7 Å². The number of Topliss-reactive ketones (excluding diaryl/α,β-unsaturated/α-hetero) is 4. The molecule has 1 aromatic rings. The SMILES string of the molecule is CN(C)c1c(CN2CCC[C@@H]2CCO)cc(O)c2c1C[C@H]1C[C@H]3[C@H](N(C)C)C(=O)C(C(N)=O)C(=O)[C@@]3(O)C(=O)C1C2=O. The molecule has 0 radical (unpaired) electrons. The Morgan fingerprint density at radius 2 is 1.83 bits per heavy atom. The number of hydrogen-bond donors (Lipinski definition) is 4. The Hall–Kier alpha value is -3.19. The second-order valence-electron chi connectivity index (χ2n) is 12.7. The van der Waals surface area contributed by atoms with Crippen LogP contribution in [0.4, 0.5) is 5.69 Å². The Balaban J connectivity index is 1.60. The van der Waals surface area contributed by atoms with Gasteiger partial charge in [0.2, 0.25) is 5.91 Å². The second-order valence-corrected chi connectivity index (χ2v) is 12.7. The van der Waals surface area contributed by atoms with Gasteiger partial charge in [-0.2, -0.15) is 0 Å². The number of likely N-dealkylation sites (tertiary alicyclic amines) is 1. The minimum absolute atomic E-state index is 0.00640. The van der Waals surface area contributed by atoms with Crippen LogP contribution in [0, 0.1) is 23.7 Å². The molecule has 5 rings (SSSR count). The molecule has 4 aliphatic rings. The lowest BCUT2D eigenvalue weighted by atomic mass is 9.52. The fourth-order valence-corrected chi connectivity index (χ4v) is 8.20. The number of ketones is 4. The Bertz CT molecular complexity index is 1360. The van der Waals surface area contributed by atoms with E-state index in [2.05, 4.69) is 4.90 Å². The van der Waals surface area contributed by atoms with Gasteiger partial charge in [-0.05, 0) is 75.9 Å². The van der Waals surface area contributed by atoms with E-state index in [0.717, 1.165) is 30.6 Å². The number of aliphatic hydroxyl groups excluding tert-OH is 1. The van der Waals surface area contributed by atoms with Crippen molar-refractivity contribution < 1.29 is 39.3 Å². The molecule has 7 atom stereocenters. The molecule has 3 fully saturated rings. The summed E-state index contributed by atoms with van der Waals surface area (Å²) in [5.74, 6) is -10.5. The molecule has 1 aliphatic heterocycles. The topological polar surface area (TPSA) is 182 Å². The fourth-order valence-electron chi connectivity index (χ4n) is 8.20. The van der Waals surface area contributed by atoms with Crippen LogP contribution in [0.2, 0.25) is 0 Å². The van der Waals surface area contributed by atoms with E-state index in [1.54, 1.807) is 20.2 Å². The minimum Gasteiger partial charge on any atom is -0.507 e. The first-order chi connectivity index (χ1) is 19.7. The molecule has 3 aliphatic carbocycles. The van der Waals surface area contributed by atoms with Crippen molar-refractivity contribution in [3.63, 3.8) is 0 Å². The molecule has 1 aromatic carbocycles. The fraction of sp³-hybridized carbons (Fsp3) is 0.633. The number of primary amides is 1. The summed E-state index contributed by atoms with van der Waals surface area (Å²) < 4.78 is 0. The number of aromatic hydroxyl groups is 1. The number of likely N-dealkylation sites (N-methyl/N-ethyl adjacent to an activating group) is 1. The van der Waals surface area contributed by atoms with Crippen LogP contribution in [0.25, 0.3) is 0 Å². The molecule has 1 heterocycles. The molecule has 12 heteroatoms. The van der Waals surface area contributed by atoms with Gasteiger partial charge in [-0.25, -0.2) is 0 Å². The number of fused-ring (bicyclic) bond motifs is 3. The standard InChI is InChI=1S/C30H40N4O8/c1-32(2)23-15(13-34-8-5-6-16(34)7-9-35)12-19(36)21-17(23)10-14-11-18-24(33(3)4)26(38)22(29(31)41)28(40)30(18,42)27(39)20(14)25(21)37/h12,14,16,18,20,22,24,35-36,42H,5-11,13H2,1-4H3,(H2,31,41)/t14-,16+,18-,20?,22?,24-,30-/m0/s1. The molecule has 0 bridgehead atoms. The zero-order valence-electron chi connectivity index (χ0n) is 24.5. The number of carbonyl (C=O) groups is 5. The first-order valence-electron chi connectivity index (χ1n) is 14.5. The third-order valence-corrected chi connectivity index (χ3v) is 9.89. The van der Waals surface area contributed by atoms with Gasteiger partial charge in [-0.15, -0.1) is 0 Å². The number of rotatable bonds is 7. The number of aliphatic hydroxyl groups is 2. The summed E-state index contributed by atoms with van der Waals surface area (Å²) in [5, 5.41) is 32.5. The van der Waals surface area contributed by atoms with E-state index in [9.17, 15) is 39.3 Å². The van der Waals surface area contributed by atoms with Crippen LogP contribution in [0.15, 0.2) is 6.07 Å². The van der Waals surface area contributed by atoms with Crippen molar-refractivity contribution in [1.29, 1.82) is 0 Å². The Kier molecular flexibility index (Phi) is 7.80. The lowest BCUT2D eigenvalue weighted by Crippen LogP contribution is -2.74. The van der Waals surface area contributed by atoms with Crippen molar-refractivity contribution in [2.24, 2.45) is 29.4 Å². The van der Waals surface area contributed by atoms with Crippen LogP contribution in [0.1, 0.15) is 47.2 Å². The smallest absolute Gasteiger partial charge is 0.235 e. The first-order valence-corrected chi connectivity index (χ1v) is 14.5. The molecule has 0 spiro atoms. The number of amides is 1. The van der Waals surface area contributed by atoms with Gasteiger partial charge in [0, 0.05) is 44.9 Å². The summed E-state index contributed by atoms with van der Waals surface area (Å²) in [6, 6.07) is 0.607. The zero-order valence-corrected chi connectivity index (χ0v) is 24.5. The van der Waals surface area contributed by atoms with Crippen molar-refractivity contribution >= 4 is 34.7 Å². The summed E-state index contributed by atoms with van der Waals surface area (Å²) in [7, 11) is 6.81. The average molecular weight is 585 g/mol. The number of nitrogens with two attached hydrogens (primary N) is 1. The highest BCUT2D eigenvalue weighted by Crippen LogP contribution is 2.52. The lowest BCUT2D eigenvalue weighted by Gasteiger charge is -2.52. The maximum absolute atomic E-state index is 14.0. The van der Waals surface area contributed by atoms with E-state index in [-0.39, 0.29) is 36.8 Å². The Morgan fingerprint density at radius 3 is 2.43 bits per heavy atom. The predicted octanol–water partition coefficient (Wildman–Crippen LogP) is -0.720. The zero-order chi connectivity index (χ0) is 30.8. The molecule has 0 aromatic heterocycles. The number of anilines is 1. The van der Waals surface area contributed by atoms with E-state index in [1.165, 1.54) is 4.90 Å². The van der Waals surface area contributed by atoms with Gasteiger partial charge in [0.25, 0.3) is 0 Å². The monoisotopic (exact) mass is 584 g/mol. The molecule has 5 N–H and O–H groups in total. The molecular formula is C30H40N4O8. The van der Waals surface area contributed by atoms with Crippen LogP contribution in [-0.2, 0) is 32.1 Å². The molecule has 2 saturated carbocycles. The lowest BCUT2D eigenvalue weighted by molar-refractivity contribution is -0.181. The van der Waals surface area contributed by atoms with Gasteiger partial charge >= 0.3 is 0 Å². The number of carbonyl (C=O) groups excluding carboxylic acids is 5. The predicted molar refractivity (Wildman–Crippen MR) is 151 cm³/mol. The van der Waals surface area contributed by atoms with Gasteiger partial charge in [0.05, 0.1) is 17.5 Å². The Morgan fingerprint density at radius 1 is 1.14 bits per heavy atom. The minimum atomic E-state index is -2.74. The summed E-state index contributed by atoms with van der Waals surface area (Å²) in [4.78, 5) is 72.6. The van der Waals surface area contributed by atoms with E-state index in [1.807, 2.05) is 19.0 Å². The van der Waals surface area contributed by atoms with Crippen molar-refractivity contribution in [1.82, 2.24) is 9.80 Å². The summed E-state index contributed by atoms with van der Waals surface area (Å²) >= 11 is 0. The van der Waals surface area contributed by atoms with E-state index < -0.39 is 64.4 Å². The third kappa shape index (κ3) is 4.38. The van der Waals surface area contributed by atoms with Crippen LogP contribution >= 0.6 is 0 Å². The number of phenolic OH excluding ortho intramolecular Hbond substituents is 1. The molecule has 12 nitrogen and oxygen atoms in total. The molecule has 1 saturated heterocycles. The summed E-state index contributed by atoms with van der Waals surface area (Å²) in [5.41, 5.74) is 4.78. The number of phenols is 1. The molecular weight excluding hydrogens is 544 g/mol. The van der Waals surface area contributed by atoms with Crippen LogP contribution < -0.4 is 10.6 Å². The highest BCUT2D eigenvalue weighted by Gasteiger charge is 2.69. The number of hydrogen-bond acceptors (Lipinski definition) is 11. The Labute approximate surface area is 244 Å². The van der Waals surface area contributed by atoms with Crippen molar-refractivity contribution in [2.45, 2.75) is 56.3 Å². The van der Waals surface area contributed by atoms with Crippen LogP contribution in [0.5, 0.6) is 5.75 Å².